The molecule has 0 aliphatic heterocycles. The molecule has 1 nitrogen and oxygen atoms in total. The van der Waals surface area contributed by atoms with Gasteiger partial charge in [0.2, 0.25) is 0 Å². The normalized spacial score (nSPS) is 13.7. The van der Waals surface area contributed by atoms with Crippen molar-refractivity contribution in [3.05, 3.63) is 35.6 Å². The summed E-state index contributed by atoms with van der Waals surface area (Å²) >= 11 is 0. The summed E-state index contributed by atoms with van der Waals surface area (Å²) in [5, 5.41) is 0. The minimum Gasteiger partial charge on any atom is -0.330 e. The van der Waals surface area contributed by atoms with Crippen LogP contribution in [0.2, 0.25) is 0 Å². The maximum atomic E-state index is 13.5. The average molecular weight is 237 g/mol. The number of hydrogen-bond donors (Lipinski definition) is 1. The quantitative estimate of drug-likeness (QED) is 0.829. The van der Waals surface area contributed by atoms with E-state index in [2.05, 4.69) is 20.8 Å². The molecule has 0 bridgehead atoms. The fourth-order valence-corrected chi connectivity index (χ4v) is 1.92. The Morgan fingerprint density at radius 3 is 2.41 bits per heavy atom. The third-order valence-corrected chi connectivity index (χ3v) is 3.10. The van der Waals surface area contributed by atoms with E-state index in [0.717, 1.165) is 24.8 Å². The van der Waals surface area contributed by atoms with Crippen LogP contribution in [0.5, 0.6) is 0 Å². The van der Waals surface area contributed by atoms with Crippen molar-refractivity contribution in [3.63, 3.8) is 0 Å². The first kappa shape index (κ1) is 14.2. The van der Waals surface area contributed by atoms with E-state index in [0.29, 0.717) is 17.9 Å². The molecule has 0 aliphatic carbocycles. The largest absolute Gasteiger partial charge is 0.330 e. The molecular weight excluding hydrogens is 213 g/mol. The van der Waals surface area contributed by atoms with Crippen LogP contribution in [0.15, 0.2) is 24.3 Å². The third-order valence-electron chi connectivity index (χ3n) is 3.10. The summed E-state index contributed by atoms with van der Waals surface area (Å²) in [5.74, 6) is 0.271. The van der Waals surface area contributed by atoms with Gasteiger partial charge in [-0.05, 0) is 48.8 Å². The van der Waals surface area contributed by atoms with Crippen molar-refractivity contribution in [2.75, 3.05) is 6.54 Å². The summed E-state index contributed by atoms with van der Waals surface area (Å²) < 4.78 is 13.5. The third kappa shape index (κ3) is 5.31. The van der Waals surface area contributed by atoms with Gasteiger partial charge in [0.25, 0.3) is 0 Å². The molecule has 1 atom stereocenters. The van der Waals surface area contributed by atoms with Crippen molar-refractivity contribution in [2.45, 2.75) is 40.0 Å². The Balaban J connectivity index is 2.56. The maximum absolute atomic E-state index is 13.5. The van der Waals surface area contributed by atoms with Gasteiger partial charge in [0.05, 0.1) is 0 Å². The molecule has 2 heteroatoms. The molecule has 96 valence electrons. The molecule has 1 unspecified atom stereocenters. The van der Waals surface area contributed by atoms with Gasteiger partial charge >= 0.3 is 0 Å². The van der Waals surface area contributed by atoms with E-state index >= 15 is 0 Å². The summed E-state index contributed by atoms with van der Waals surface area (Å²) in [6, 6.07) is 6.99. The van der Waals surface area contributed by atoms with E-state index < -0.39 is 0 Å². The number of nitrogens with two attached hydrogens (primary N) is 1. The standard InChI is InChI=1S/C15H24FN/c1-15(2,3)9-8-12(11-17)10-13-6-4-5-7-14(13)16/h4-7,12H,8-11,17H2,1-3H3. The van der Waals surface area contributed by atoms with Gasteiger partial charge in [0.1, 0.15) is 5.82 Å². The topological polar surface area (TPSA) is 26.0 Å². The molecule has 0 aliphatic rings. The first-order chi connectivity index (χ1) is 7.92. The van der Waals surface area contributed by atoms with E-state index in [9.17, 15) is 4.39 Å². The van der Waals surface area contributed by atoms with Crippen molar-refractivity contribution in [1.29, 1.82) is 0 Å². The Morgan fingerprint density at radius 1 is 1.24 bits per heavy atom. The summed E-state index contributed by atoms with van der Waals surface area (Å²) in [5.41, 5.74) is 6.89. The average Bonchev–Trinajstić information content (AvgIpc) is 2.25. The number of rotatable bonds is 5. The minimum atomic E-state index is -0.110. The molecule has 0 heterocycles. The van der Waals surface area contributed by atoms with Crippen LogP contribution in [0.4, 0.5) is 4.39 Å². The molecule has 0 fully saturated rings. The molecule has 17 heavy (non-hydrogen) atoms. The number of halogens is 1. The van der Waals surface area contributed by atoms with Crippen molar-refractivity contribution < 1.29 is 4.39 Å². The lowest BCUT2D eigenvalue weighted by molar-refractivity contribution is 0.322. The van der Waals surface area contributed by atoms with Gasteiger partial charge < -0.3 is 5.73 Å². The summed E-state index contributed by atoms with van der Waals surface area (Å²) in [6.07, 6.45) is 2.94. The van der Waals surface area contributed by atoms with Crippen LogP contribution in [0.3, 0.4) is 0 Å². The molecule has 1 aromatic rings. The van der Waals surface area contributed by atoms with Gasteiger partial charge in [-0.15, -0.1) is 0 Å². The lowest BCUT2D eigenvalue weighted by Crippen LogP contribution is -2.19. The number of hydrogen-bond acceptors (Lipinski definition) is 1. The smallest absolute Gasteiger partial charge is 0.126 e. The van der Waals surface area contributed by atoms with Gasteiger partial charge in [0, 0.05) is 0 Å². The Bertz CT molecular complexity index is 341. The lowest BCUT2D eigenvalue weighted by Gasteiger charge is -2.22. The molecule has 1 aromatic carbocycles. The van der Waals surface area contributed by atoms with Crippen molar-refractivity contribution in [2.24, 2.45) is 17.1 Å². The maximum Gasteiger partial charge on any atom is 0.126 e. The van der Waals surface area contributed by atoms with Crippen molar-refractivity contribution >= 4 is 0 Å². The first-order valence-corrected chi connectivity index (χ1v) is 6.36. The Labute approximate surface area is 104 Å². The second-order valence-electron chi connectivity index (χ2n) is 6.00. The van der Waals surface area contributed by atoms with Crippen LogP contribution in [-0.4, -0.2) is 6.54 Å². The van der Waals surface area contributed by atoms with Crippen LogP contribution in [0, 0.1) is 17.2 Å². The highest BCUT2D eigenvalue weighted by molar-refractivity contribution is 5.17. The fourth-order valence-electron chi connectivity index (χ4n) is 1.92. The predicted molar refractivity (Wildman–Crippen MR) is 71.3 cm³/mol. The van der Waals surface area contributed by atoms with Crippen molar-refractivity contribution in [3.8, 4) is 0 Å². The van der Waals surface area contributed by atoms with E-state index in [-0.39, 0.29) is 5.82 Å². The van der Waals surface area contributed by atoms with Crippen molar-refractivity contribution in [1.82, 2.24) is 0 Å². The number of benzene rings is 1. The van der Waals surface area contributed by atoms with Crippen LogP contribution in [0.1, 0.15) is 39.2 Å². The highest BCUT2D eigenvalue weighted by Gasteiger charge is 2.15. The molecular formula is C15H24FN. The second-order valence-corrected chi connectivity index (χ2v) is 6.00. The lowest BCUT2D eigenvalue weighted by atomic mass is 9.84. The molecule has 0 radical (unpaired) electrons. The monoisotopic (exact) mass is 237 g/mol. The van der Waals surface area contributed by atoms with E-state index in [1.165, 1.54) is 6.07 Å². The van der Waals surface area contributed by atoms with Crippen LogP contribution in [-0.2, 0) is 6.42 Å². The van der Waals surface area contributed by atoms with E-state index in [1.54, 1.807) is 6.07 Å². The zero-order valence-electron chi connectivity index (χ0n) is 11.2. The summed E-state index contributed by atoms with van der Waals surface area (Å²) in [7, 11) is 0. The highest BCUT2D eigenvalue weighted by Crippen LogP contribution is 2.25. The molecule has 0 spiro atoms. The van der Waals surface area contributed by atoms with Crippen LogP contribution >= 0.6 is 0 Å². The summed E-state index contributed by atoms with van der Waals surface area (Å²) in [4.78, 5) is 0. The Hall–Kier alpha value is -0.890. The van der Waals surface area contributed by atoms with Gasteiger partial charge in [-0.1, -0.05) is 39.0 Å². The second kappa shape index (κ2) is 6.15. The van der Waals surface area contributed by atoms with Gasteiger partial charge in [-0.2, -0.15) is 0 Å². The fraction of sp³-hybridized carbons (Fsp3) is 0.600. The molecule has 0 aromatic heterocycles. The Kier molecular flexibility index (Phi) is 5.13. The van der Waals surface area contributed by atoms with Gasteiger partial charge in [-0.3, -0.25) is 0 Å². The molecule has 1 rings (SSSR count). The predicted octanol–water partition coefficient (Wildman–Crippen LogP) is 3.77. The van der Waals surface area contributed by atoms with Crippen LogP contribution in [0.25, 0.3) is 0 Å². The van der Waals surface area contributed by atoms with E-state index in [1.807, 2.05) is 12.1 Å². The molecule has 2 N–H and O–H groups in total. The SMILES string of the molecule is CC(C)(C)CCC(CN)Cc1ccccc1F. The zero-order chi connectivity index (χ0) is 12.9. The van der Waals surface area contributed by atoms with Crippen LogP contribution < -0.4 is 5.73 Å². The molecule has 0 saturated heterocycles. The first-order valence-electron chi connectivity index (χ1n) is 6.36. The van der Waals surface area contributed by atoms with Gasteiger partial charge in [0.15, 0.2) is 0 Å². The Morgan fingerprint density at radius 2 is 1.88 bits per heavy atom. The van der Waals surface area contributed by atoms with Gasteiger partial charge in [-0.25, -0.2) is 4.39 Å². The molecule has 0 amide bonds. The molecule has 0 saturated carbocycles. The minimum absolute atomic E-state index is 0.110. The zero-order valence-corrected chi connectivity index (χ0v) is 11.2. The highest BCUT2D eigenvalue weighted by atomic mass is 19.1. The van der Waals surface area contributed by atoms with E-state index in [4.69, 9.17) is 5.73 Å². The summed E-state index contributed by atoms with van der Waals surface area (Å²) in [6.45, 7) is 7.31.